The number of hydrogen-bond donors (Lipinski definition) is 0. The van der Waals surface area contributed by atoms with E-state index in [9.17, 15) is 0 Å². The molecule has 0 saturated heterocycles. The van der Waals surface area contributed by atoms with E-state index in [-0.39, 0.29) is 4.83 Å². The van der Waals surface area contributed by atoms with Gasteiger partial charge in [0.15, 0.2) is 0 Å². The quantitative estimate of drug-likeness (QED) is 0.502. The van der Waals surface area contributed by atoms with Crippen molar-refractivity contribution < 1.29 is 4.74 Å². The first-order valence-electron chi connectivity index (χ1n) is 6.53. The summed E-state index contributed by atoms with van der Waals surface area (Å²) in [5.74, 6) is 0.969. The summed E-state index contributed by atoms with van der Waals surface area (Å²) >= 11 is 7.49. The van der Waals surface area contributed by atoms with Crippen molar-refractivity contribution in [3.8, 4) is 5.75 Å². The summed E-state index contributed by atoms with van der Waals surface area (Å²) in [6.07, 6.45) is 0. The van der Waals surface area contributed by atoms with Crippen LogP contribution in [0.4, 0.5) is 0 Å². The highest BCUT2D eigenvalue weighted by atomic mass is 79.9. The third-order valence-corrected chi connectivity index (χ3v) is 6.59. The van der Waals surface area contributed by atoms with Crippen molar-refractivity contribution in [3.05, 3.63) is 51.7 Å². The first kappa shape index (κ1) is 14.1. The van der Waals surface area contributed by atoms with Crippen LogP contribution < -0.4 is 4.74 Å². The smallest absolute Gasteiger partial charge is 0.123 e. The average molecular weight is 367 g/mol. The Bertz CT molecular complexity index is 700. The summed E-state index contributed by atoms with van der Waals surface area (Å²) in [6, 6.07) is 10.8. The Morgan fingerprint density at radius 2 is 2.05 bits per heavy atom. The molecule has 0 aliphatic rings. The van der Waals surface area contributed by atoms with Crippen LogP contribution in [0.25, 0.3) is 9.40 Å². The summed E-state index contributed by atoms with van der Waals surface area (Å²) in [6.45, 7) is 4.83. The summed E-state index contributed by atoms with van der Waals surface area (Å²) in [5, 5.41) is 2.15. The molecule has 0 radical (unpaired) electrons. The zero-order valence-electron chi connectivity index (χ0n) is 11.4. The fourth-order valence-corrected chi connectivity index (χ4v) is 5.10. The monoisotopic (exact) mass is 366 g/mol. The highest BCUT2D eigenvalue weighted by molar-refractivity contribution is 9.09. The van der Waals surface area contributed by atoms with Crippen LogP contribution in [-0.2, 0) is 0 Å². The Morgan fingerprint density at radius 3 is 2.80 bits per heavy atom. The zero-order valence-corrected chi connectivity index (χ0v) is 14.6. The Morgan fingerprint density at radius 1 is 1.20 bits per heavy atom. The fourth-order valence-electron chi connectivity index (χ4n) is 2.22. The second-order valence-corrected chi connectivity index (χ2v) is 7.61. The van der Waals surface area contributed by atoms with E-state index < -0.39 is 0 Å². The van der Waals surface area contributed by atoms with Gasteiger partial charge in [0, 0.05) is 19.8 Å². The summed E-state index contributed by atoms with van der Waals surface area (Å²) in [7, 11) is 0. The SMILES string of the molecule is CCOc1ccc(C)cc1C(Br)c1cc2sccc2s1. The molecule has 1 unspecified atom stereocenters. The molecule has 104 valence electrons. The molecule has 0 N–H and O–H groups in total. The lowest BCUT2D eigenvalue weighted by molar-refractivity contribution is 0.337. The van der Waals surface area contributed by atoms with Crippen molar-refractivity contribution in [1.29, 1.82) is 0 Å². The summed E-state index contributed by atoms with van der Waals surface area (Å²) in [5.41, 5.74) is 2.46. The minimum atomic E-state index is 0.188. The number of benzene rings is 1. The number of rotatable bonds is 4. The number of aryl methyl sites for hydroxylation is 1. The molecule has 0 aliphatic heterocycles. The lowest BCUT2D eigenvalue weighted by atomic mass is 10.1. The van der Waals surface area contributed by atoms with Gasteiger partial charge in [0.1, 0.15) is 5.75 Å². The number of halogens is 1. The molecule has 0 aliphatic carbocycles. The molecular formula is C16H15BrOS2. The summed E-state index contributed by atoms with van der Waals surface area (Å²) < 4.78 is 8.49. The minimum absolute atomic E-state index is 0.188. The van der Waals surface area contributed by atoms with Gasteiger partial charge in [-0.1, -0.05) is 33.6 Å². The molecule has 0 fully saturated rings. The third kappa shape index (κ3) is 2.65. The predicted octanol–water partition coefficient (Wildman–Crippen LogP) is 6.15. The average Bonchev–Trinajstić information content (AvgIpc) is 3.01. The number of alkyl halides is 1. The molecule has 1 nitrogen and oxygen atoms in total. The van der Waals surface area contributed by atoms with Gasteiger partial charge in [0.25, 0.3) is 0 Å². The van der Waals surface area contributed by atoms with Crippen LogP contribution in [0.3, 0.4) is 0 Å². The molecule has 1 atom stereocenters. The van der Waals surface area contributed by atoms with Gasteiger partial charge in [-0.3, -0.25) is 0 Å². The Hall–Kier alpha value is -0.840. The van der Waals surface area contributed by atoms with Crippen molar-refractivity contribution in [2.75, 3.05) is 6.61 Å². The van der Waals surface area contributed by atoms with Crippen LogP contribution >= 0.6 is 38.6 Å². The highest BCUT2D eigenvalue weighted by Gasteiger charge is 2.18. The molecule has 2 aromatic heterocycles. The van der Waals surface area contributed by atoms with Gasteiger partial charge in [0.05, 0.1) is 11.4 Å². The first-order chi connectivity index (χ1) is 9.69. The second-order valence-electron chi connectivity index (χ2n) is 4.63. The second kappa shape index (κ2) is 5.88. The predicted molar refractivity (Wildman–Crippen MR) is 92.8 cm³/mol. The molecule has 0 saturated carbocycles. The number of hydrogen-bond acceptors (Lipinski definition) is 3. The molecule has 4 heteroatoms. The van der Waals surface area contributed by atoms with E-state index in [0.29, 0.717) is 6.61 Å². The number of fused-ring (bicyclic) bond motifs is 1. The van der Waals surface area contributed by atoms with Gasteiger partial charge >= 0.3 is 0 Å². The lowest BCUT2D eigenvalue weighted by Crippen LogP contribution is -1.99. The van der Waals surface area contributed by atoms with Crippen LogP contribution in [0, 0.1) is 6.92 Å². The third-order valence-electron chi connectivity index (χ3n) is 3.15. The van der Waals surface area contributed by atoms with Crippen LogP contribution in [0.15, 0.2) is 35.7 Å². The molecular weight excluding hydrogens is 352 g/mol. The van der Waals surface area contributed by atoms with Gasteiger partial charge in [-0.15, -0.1) is 22.7 Å². The van der Waals surface area contributed by atoms with E-state index in [4.69, 9.17) is 4.74 Å². The van der Waals surface area contributed by atoms with Gasteiger partial charge in [-0.2, -0.15) is 0 Å². The van der Waals surface area contributed by atoms with E-state index in [0.717, 1.165) is 5.75 Å². The normalized spacial score (nSPS) is 12.8. The maximum Gasteiger partial charge on any atom is 0.123 e. The topological polar surface area (TPSA) is 9.23 Å². The maximum atomic E-state index is 5.77. The number of thiophene rings is 2. The van der Waals surface area contributed by atoms with Crippen LogP contribution in [0.2, 0.25) is 0 Å². The maximum absolute atomic E-state index is 5.77. The van der Waals surface area contributed by atoms with Crippen molar-refractivity contribution in [2.45, 2.75) is 18.7 Å². The molecule has 1 aromatic carbocycles. The van der Waals surface area contributed by atoms with Crippen molar-refractivity contribution >= 4 is 48.0 Å². The molecule has 2 heterocycles. The van der Waals surface area contributed by atoms with Crippen molar-refractivity contribution in [1.82, 2.24) is 0 Å². The van der Waals surface area contributed by atoms with E-state index in [1.54, 1.807) is 11.3 Å². The largest absolute Gasteiger partial charge is 0.494 e. The molecule has 3 aromatic rings. The zero-order chi connectivity index (χ0) is 14.1. The van der Waals surface area contributed by atoms with Crippen LogP contribution in [0.5, 0.6) is 5.75 Å². The Kier molecular flexibility index (Phi) is 4.15. The molecule has 0 amide bonds. The van der Waals surface area contributed by atoms with Gasteiger partial charge < -0.3 is 4.74 Å². The van der Waals surface area contributed by atoms with Crippen LogP contribution in [0.1, 0.15) is 27.8 Å². The van der Waals surface area contributed by atoms with Crippen molar-refractivity contribution in [3.63, 3.8) is 0 Å². The standard InChI is InChI=1S/C16H15BrOS2/c1-3-18-12-5-4-10(2)8-11(12)16(17)15-9-14-13(20-15)6-7-19-14/h4-9,16H,3H2,1-2H3. The molecule has 0 bridgehead atoms. The summed E-state index contributed by atoms with van der Waals surface area (Å²) in [4.78, 5) is 1.52. The highest BCUT2D eigenvalue weighted by Crippen LogP contribution is 2.43. The van der Waals surface area contributed by atoms with E-state index in [1.807, 2.05) is 18.3 Å². The van der Waals surface area contributed by atoms with Gasteiger partial charge in [-0.25, -0.2) is 0 Å². The minimum Gasteiger partial charge on any atom is -0.494 e. The molecule has 0 spiro atoms. The van der Waals surface area contributed by atoms with E-state index >= 15 is 0 Å². The molecule has 3 rings (SSSR count). The number of ether oxygens (including phenoxy) is 1. The van der Waals surface area contributed by atoms with E-state index in [1.165, 1.54) is 25.4 Å². The Balaban J connectivity index is 2.02. The van der Waals surface area contributed by atoms with Crippen LogP contribution in [-0.4, -0.2) is 6.61 Å². The van der Waals surface area contributed by atoms with Crippen molar-refractivity contribution in [2.24, 2.45) is 0 Å². The lowest BCUT2D eigenvalue weighted by Gasteiger charge is -2.15. The Labute approximate surface area is 135 Å². The first-order valence-corrected chi connectivity index (χ1v) is 9.14. The van der Waals surface area contributed by atoms with E-state index in [2.05, 4.69) is 58.6 Å². The van der Waals surface area contributed by atoms with Gasteiger partial charge in [-0.05, 0) is 37.4 Å². The molecule has 20 heavy (non-hydrogen) atoms. The fraction of sp³-hybridized carbons (Fsp3) is 0.250. The van der Waals surface area contributed by atoms with Gasteiger partial charge in [0.2, 0.25) is 0 Å².